The highest BCUT2D eigenvalue weighted by molar-refractivity contribution is 7.09. The van der Waals surface area contributed by atoms with Crippen molar-refractivity contribution in [2.24, 2.45) is 0 Å². The number of nitrogens with zero attached hydrogens (tertiary/aromatic N) is 3. The van der Waals surface area contributed by atoms with Gasteiger partial charge in [0.1, 0.15) is 6.54 Å². The largest absolute Gasteiger partial charge is 0.375 e. The molecule has 1 atom stereocenters. The molecule has 1 fully saturated rings. The van der Waals surface area contributed by atoms with Crippen LogP contribution in [0.25, 0.3) is 11.3 Å². The van der Waals surface area contributed by atoms with E-state index in [9.17, 15) is 4.79 Å². The molecule has 1 aliphatic heterocycles. The molecule has 130 valence electrons. The maximum atomic E-state index is 12.7. The third-order valence-corrected chi connectivity index (χ3v) is 5.48. The predicted octanol–water partition coefficient (Wildman–Crippen LogP) is 3.17. The number of hydrogen-bond donors (Lipinski definition) is 0. The van der Waals surface area contributed by atoms with Crippen molar-refractivity contribution < 1.29 is 9.53 Å². The number of hydrogen-bond acceptors (Lipinski definition) is 4. The normalized spacial score (nSPS) is 18.2. The first-order valence-corrected chi connectivity index (χ1v) is 9.36. The van der Waals surface area contributed by atoms with Gasteiger partial charge in [-0.2, -0.15) is 0 Å². The van der Waals surface area contributed by atoms with Crippen molar-refractivity contribution in [3.63, 3.8) is 0 Å². The van der Waals surface area contributed by atoms with Crippen LogP contribution in [0.3, 0.4) is 0 Å². The van der Waals surface area contributed by atoms with E-state index >= 15 is 0 Å². The fourth-order valence-electron chi connectivity index (χ4n) is 3.22. The zero-order valence-electron chi connectivity index (χ0n) is 14.8. The highest BCUT2D eigenvalue weighted by atomic mass is 32.1. The van der Waals surface area contributed by atoms with Crippen molar-refractivity contribution in [1.29, 1.82) is 0 Å². The van der Waals surface area contributed by atoms with E-state index in [1.807, 2.05) is 11.8 Å². The highest BCUT2D eigenvalue weighted by Crippen LogP contribution is 2.28. The van der Waals surface area contributed by atoms with Gasteiger partial charge in [0, 0.05) is 35.4 Å². The maximum Gasteiger partial charge on any atom is 0.242 e. The molecule has 1 unspecified atom stereocenters. The molecule has 3 rings (SSSR count). The van der Waals surface area contributed by atoms with Gasteiger partial charge in [0.2, 0.25) is 5.91 Å². The van der Waals surface area contributed by atoms with E-state index in [2.05, 4.69) is 41.8 Å². The van der Waals surface area contributed by atoms with Crippen molar-refractivity contribution in [3.8, 4) is 11.3 Å². The number of rotatable bonds is 4. The average Bonchev–Trinajstić information content (AvgIpc) is 3.13. The van der Waals surface area contributed by atoms with E-state index in [0.717, 1.165) is 34.1 Å². The lowest BCUT2D eigenvalue weighted by Crippen LogP contribution is -2.46. The Balaban J connectivity index is 1.78. The fraction of sp³-hybridized carbons (Fsp3) is 0.556. The van der Waals surface area contributed by atoms with Crippen molar-refractivity contribution in [2.75, 3.05) is 19.7 Å². The van der Waals surface area contributed by atoms with E-state index < -0.39 is 0 Å². The van der Waals surface area contributed by atoms with Gasteiger partial charge in [-0.1, -0.05) is 6.92 Å². The van der Waals surface area contributed by atoms with E-state index in [4.69, 9.17) is 4.74 Å². The van der Waals surface area contributed by atoms with Gasteiger partial charge in [-0.25, -0.2) is 4.98 Å². The molecule has 0 bridgehead atoms. The van der Waals surface area contributed by atoms with Gasteiger partial charge in [-0.05, 0) is 33.3 Å². The van der Waals surface area contributed by atoms with E-state index in [0.29, 0.717) is 26.2 Å². The summed E-state index contributed by atoms with van der Waals surface area (Å²) < 4.78 is 7.76. The molecule has 24 heavy (non-hydrogen) atoms. The van der Waals surface area contributed by atoms with Gasteiger partial charge in [0.15, 0.2) is 0 Å². The van der Waals surface area contributed by atoms with E-state index in [1.54, 1.807) is 11.3 Å². The molecule has 1 saturated heterocycles. The second kappa shape index (κ2) is 7.07. The van der Waals surface area contributed by atoms with Crippen molar-refractivity contribution in [1.82, 2.24) is 14.5 Å². The first kappa shape index (κ1) is 17.2. The van der Waals surface area contributed by atoms with E-state index in [-0.39, 0.29) is 12.0 Å². The molecule has 0 spiro atoms. The van der Waals surface area contributed by atoms with Crippen molar-refractivity contribution in [3.05, 3.63) is 27.8 Å². The van der Waals surface area contributed by atoms with Crippen LogP contribution in [-0.2, 0) is 16.1 Å². The number of morpholine rings is 1. The zero-order valence-corrected chi connectivity index (χ0v) is 15.7. The van der Waals surface area contributed by atoms with Gasteiger partial charge >= 0.3 is 0 Å². The molecule has 0 aromatic carbocycles. The van der Waals surface area contributed by atoms with Crippen LogP contribution in [0.1, 0.15) is 29.7 Å². The van der Waals surface area contributed by atoms with Crippen LogP contribution >= 0.6 is 11.3 Å². The summed E-state index contributed by atoms with van der Waals surface area (Å²) in [5, 5.41) is 3.14. The first-order valence-electron chi connectivity index (χ1n) is 8.48. The zero-order chi connectivity index (χ0) is 17.3. The van der Waals surface area contributed by atoms with Gasteiger partial charge in [-0.15, -0.1) is 11.3 Å². The molecule has 0 radical (unpaired) electrons. The van der Waals surface area contributed by atoms with Crippen molar-refractivity contribution >= 4 is 17.2 Å². The Labute approximate surface area is 147 Å². The summed E-state index contributed by atoms with van der Waals surface area (Å²) in [6, 6.07) is 2.13. The third kappa shape index (κ3) is 3.39. The molecule has 3 heterocycles. The Bertz CT molecular complexity index is 735. The topological polar surface area (TPSA) is 47.4 Å². The fourth-order valence-corrected chi connectivity index (χ4v) is 3.83. The monoisotopic (exact) mass is 347 g/mol. The molecule has 1 amide bonds. The number of aryl methyl sites for hydroxylation is 2. The lowest BCUT2D eigenvalue weighted by atomic mass is 10.2. The van der Waals surface area contributed by atoms with Gasteiger partial charge < -0.3 is 14.2 Å². The smallest absolute Gasteiger partial charge is 0.242 e. The Morgan fingerprint density at radius 1 is 1.42 bits per heavy atom. The summed E-state index contributed by atoms with van der Waals surface area (Å²) in [5.41, 5.74) is 4.33. The van der Waals surface area contributed by atoms with Crippen molar-refractivity contribution in [2.45, 2.75) is 46.8 Å². The number of ether oxygens (including phenoxy) is 1. The molecule has 0 N–H and O–H groups in total. The Kier molecular flexibility index (Phi) is 5.06. The molecule has 2 aromatic rings. The summed E-state index contributed by atoms with van der Waals surface area (Å²) in [4.78, 5) is 19.2. The highest BCUT2D eigenvalue weighted by Gasteiger charge is 2.24. The van der Waals surface area contributed by atoms with Crippen LogP contribution in [-0.4, -0.2) is 46.2 Å². The third-order valence-electron chi connectivity index (χ3n) is 4.71. The average molecular weight is 347 g/mol. The molecular weight excluding hydrogens is 322 g/mol. The molecule has 2 aromatic heterocycles. The summed E-state index contributed by atoms with van der Waals surface area (Å²) in [6.45, 7) is 10.6. The lowest BCUT2D eigenvalue weighted by Gasteiger charge is -2.32. The molecule has 5 nitrogen and oxygen atoms in total. The lowest BCUT2D eigenvalue weighted by molar-refractivity contribution is -0.139. The number of carbonyl (C=O) groups is 1. The minimum Gasteiger partial charge on any atom is -0.375 e. The van der Waals surface area contributed by atoms with Gasteiger partial charge in [0.25, 0.3) is 0 Å². The molecule has 6 heteroatoms. The van der Waals surface area contributed by atoms with Crippen LogP contribution in [0.15, 0.2) is 11.4 Å². The summed E-state index contributed by atoms with van der Waals surface area (Å²) >= 11 is 1.65. The minimum absolute atomic E-state index is 0.166. The standard InChI is InChI=1S/C18H25N3O2S/c1-5-15-9-20(6-7-23-15)18(22)10-21-12(2)8-16(13(21)3)17-11-24-14(4)19-17/h8,11,15H,5-7,9-10H2,1-4H3. The van der Waals surface area contributed by atoms with Crippen LogP contribution in [0, 0.1) is 20.8 Å². The van der Waals surface area contributed by atoms with Gasteiger partial charge in [-0.3, -0.25) is 4.79 Å². The SMILES string of the molecule is CCC1CN(C(=O)Cn2c(C)cc(-c3csc(C)n3)c2C)CCO1. The van der Waals surface area contributed by atoms with Crippen LogP contribution in [0.4, 0.5) is 0 Å². The quantitative estimate of drug-likeness (QED) is 0.853. The maximum absolute atomic E-state index is 12.7. The summed E-state index contributed by atoms with van der Waals surface area (Å²) in [7, 11) is 0. The summed E-state index contributed by atoms with van der Waals surface area (Å²) in [6.07, 6.45) is 1.11. The molecular formula is C18H25N3O2S. The minimum atomic E-state index is 0.166. The second-order valence-electron chi connectivity index (χ2n) is 6.36. The predicted molar refractivity (Wildman–Crippen MR) is 96.4 cm³/mol. The Morgan fingerprint density at radius 3 is 2.88 bits per heavy atom. The molecule has 0 aliphatic carbocycles. The van der Waals surface area contributed by atoms with Gasteiger partial charge in [0.05, 0.1) is 23.4 Å². The number of carbonyl (C=O) groups excluding carboxylic acids is 1. The first-order chi connectivity index (χ1) is 11.5. The number of aromatic nitrogens is 2. The van der Waals surface area contributed by atoms with Crippen LogP contribution in [0.5, 0.6) is 0 Å². The Morgan fingerprint density at radius 2 is 2.21 bits per heavy atom. The molecule has 1 aliphatic rings. The summed E-state index contributed by atoms with van der Waals surface area (Å²) in [5.74, 6) is 0.166. The number of thiazole rings is 1. The second-order valence-corrected chi connectivity index (χ2v) is 7.43. The molecule has 0 saturated carbocycles. The Hall–Kier alpha value is -1.66. The van der Waals surface area contributed by atoms with Crippen LogP contribution in [0.2, 0.25) is 0 Å². The van der Waals surface area contributed by atoms with Crippen LogP contribution < -0.4 is 0 Å². The van der Waals surface area contributed by atoms with E-state index in [1.165, 1.54) is 0 Å². The number of amides is 1.